The van der Waals surface area contributed by atoms with Crippen LogP contribution in [0.2, 0.25) is 0 Å². The van der Waals surface area contributed by atoms with Crippen molar-refractivity contribution in [3.8, 4) is 28.7 Å². The number of nitrogens with two attached hydrogens (primary N) is 3. The van der Waals surface area contributed by atoms with Gasteiger partial charge in [0.1, 0.15) is 28.6 Å². The zero-order valence-corrected chi connectivity index (χ0v) is 62.8. The topological polar surface area (TPSA) is 348 Å². The third kappa shape index (κ3) is 16.4. The molecule has 25 nitrogen and oxygen atoms in total. The van der Waals surface area contributed by atoms with Crippen molar-refractivity contribution in [2.75, 3.05) is 54.4 Å². The number of ketones is 4. The number of amidine groups is 2. The third-order valence-electron chi connectivity index (χ3n) is 23.3. The van der Waals surface area contributed by atoms with Gasteiger partial charge in [-0.05, 0) is 211 Å². The number of Topliss-reactive ketones (excluding diaryl/α,β-unsaturated/α-hetero) is 4. The lowest BCUT2D eigenvalue weighted by molar-refractivity contribution is -0.138. The highest BCUT2D eigenvalue weighted by atomic mass is 32.2. The van der Waals surface area contributed by atoms with Gasteiger partial charge in [-0.25, -0.2) is 14.4 Å². The number of nitrogens with zero attached hydrogens (tertiary/aromatic N) is 5. The summed E-state index contributed by atoms with van der Waals surface area (Å²) in [4.78, 5) is 99.5. The van der Waals surface area contributed by atoms with E-state index in [9.17, 15) is 42.0 Å². The third-order valence-corrected chi connectivity index (χ3v) is 24.9. The van der Waals surface area contributed by atoms with E-state index in [1.807, 2.05) is 32.9 Å². The summed E-state index contributed by atoms with van der Waals surface area (Å²) in [6, 6.07) is 6.89. The molecule has 2 unspecified atom stereocenters. The van der Waals surface area contributed by atoms with Gasteiger partial charge in [-0.15, -0.1) is 4.40 Å². The number of nitrogens with one attached hydrogen (secondary N) is 2. The van der Waals surface area contributed by atoms with E-state index in [-0.39, 0.29) is 96.9 Å². The maximum Gasteiger partial charge on any atom is 0.415 e. The van der Waals surface area contributed by atoms with E-state index in [4.69, 9.17) is 51.0 Å². The number of ether oxygens (including phenoxy) is 6. The number of amides is 3. The van der Waals surface area contributed by atoms with Crippen molar-refractivity contribution in [1.29, 1.82) is 5.41 Å². The molecule has 12 rings (SSSR count). The number of fused-ring (bicyclic) bond motifs is 1. The average Bonchev–Trinajstić information content (AvgIpc) is 1.56. The zero-order valence-electron chi connectivity index (χ0n) is 62.0. The minimum atomic E-state index is -4.14. The minimum absolute atomic E-state index is 0. The number of unbranched alkanes of at least 4 members (excludes halogenated alkanes) is 2. The maximum atomic E-state index is 13.7. The lowest BCUT2D eigenvalue weighted by Gasteiger charge is -2.57. The van der Waals surface area contributed by atoms with Crippen LogP contribution >= 0.6 is 0 Å². The second-order valence-corrected chi connectivity index (χ2v) is 33.3. The van der Waals surface area contributed by atoms with E-state index in [1.165, 1.54) is 15.4 Å². The van der Waals surface area contributed by atoms with E-state index in [1.54, 1.807) is 60.8 Å². The van der Waals surface area contributed by atoms with Gasteiger partial charge in [-0.2, -0.15) is 8.42 Å². The molecule has 2 saturated heterocycles. The summed E-state index contributed by atoms with van der Waals surface area (Å²) >= 11 is 0. The Kier molecular flexibility index (Phi) is 25.6. The van der Waals surface area contributed by atoms with Crippen LogP contribution < -0.4 is 46.2 Å². The summed E-state index contributed by atoms with van der Waals surface area (Å²) in [5.74, 6) is 3.17. The number of likely N-dealkylation sites (tertiary alicyclic amines) is 2. The Labute approximate surface area is 619 Å². The van der Waals surface area contributed by atoms with Crippen LogP contribution in [0.3, 0.4) is 0 Å². The van der Waals surface area contributed by atoms with Crippen molar-refractivity contribution >= 4 is 63.1 Å². The minimum Gasteiger partial charge on any atom is -0.487 e. The molecule has 580 valence electrons. The van der Waals surface area contributed by atoms with Gasteiger partial charge in [0.15, 0.2) is 52.6 Å². The second-order valence-electron chi connectivity index (χ2n) is 31.8. The molecule has 5 heterocycles. The summed E-state index contributed by atoms with van der Waals surface area (Å²) in [5, 5.41) is 9.96. The summed E-state index contributed by atoms with van der Waals surface area (Å²) in [6.07, 6.45) is 8.71. The van der Waals surface area contributed by atoms with Gasteiger partial charge in [0.05, 0.1) is 22.8 Å². The Morgan fingerprint density at radius 1 is 0.705 bits per heavy atom. The standard InChI is InChI=1S/C47H65N5O10S.C29H41N5O5.2CH4.FH/c1-26-27(2)41(28(3)30-25-46(7,8)61-39(26)30)63(57,58)50-37(48)16-12-11-14-32(49-43(55)62-45(4,5)6)34(53)15-13-22-52(10)44(56)59-36-20-17-29-24-33-31-18-19-35(54)42-47(31,21-23-51(33)9)38(29)40(36)60-42;1-33-15-13-29-18-10-11-22(36)27(29)39-26-23(12-9-17(25(26)29)16-20(18)33)38-28(37)34(2)14-5-7-21(35)19(30)6-3-4-8-24(31)32;;;/h17,20,31-33,42H,11-16,18-19,21-25H2,1-10H3,(H2,48,50)(H,49,55);9,12,18-20,27H,3-8,10-11,13-16,30H2,1-2H3,(H3,31,32);2*1H4;1H/t31?,32-,33+,42-,47-;18?,19-,20+,27-,29-;;;/m00.../s1. The smallest absolute Gasteiger partial charge is 0.415 e. The van der Waals surface area contributed by atoms with Crippen molar-refractivity contribution in [3.63, 3.8) is 0 Å². The number of piperidine rings is 2. The predicted octanol–water partition coefficient (Wildman–Crippen LogP) is 10.5. The first-order valence-electron chi connectivity index (χ1n) is 36.6. The molecule has 10 atom stereocenters. The first-order valence-corrected chi connectivity index (χ1v) is 38.0. The number of sulfonamides is 1. The zero-order chi connectivity index (χ0) is 73.9. The van der Waals surface area contributed by atoms with Crippen LogP contribution in [0, 0.1) is 38.0 Å². The number of likely N-dealkylation sites (N-methyl/N-ethyl adjacent to an activating group) is 2. The number of carbonyl (C=O) groups is 7. The Bertz CT molecular complexity index is 4010. The summed E-state index contributed by atoms with van der Waals surface area (Å²) < 4.78 is 67.5. The molecule has 4 bridgehead atoms. The molecule has 0 radical (unpaired) electrons. The number of halogens is 1. The van der Waals surface area contributed by atoms with Crippen molar-refractivity contribution in [1.82, 2.24) is 24.9 Å². The van der Waals surface area contributed by atoms with Crippen LogP contribution in [0.15, 0.2) is 33.6 Å². The Balaban J connectivity index is 0.000000286. The Morgan fingerprint density at radius 3 is 1.69 bits per heavy atom. The number of benzene rings is 3. The largest absolute Gasteiger partial charge is 0.487 e. The molecular formula is C78H115FN10O15S. The molecule has 4 fully saturated rings. The maximum absolute atomic E-state index is 13.7. The monoisotopic (exact) mass is 1480 g/mol. The molecule has 105 heavy (non-hydrogen) atoms. The molecule has 8 N–H and O–H groups in total. The fourth-order valence-corrected chi connectivity index (χ4v) is 19.7. The molecule has 3 aromatic carbocycles. The van der Waals surface area contributed by atoms with Crippen LogP contribution in [-0.2, 0) is 64.0 Å². The molecule has 9 aliphatic rings. The molecule has 3 amide bonds. The average molecular weight is 1480 g/mol. The first kappa shape index (κ1) is 82.9. The van der Waals surface area contributed by atoms with Gasteiger partial charge >= 0.3 is 18.3 Å². The van der Waals surface area contributed by atoms with Gasteiger partial charge in [0, 0.05) is 112 Å². The number of hydrogen-bond donors (Lipinski definition) is 5. The number of rotatable bonds is 25. The fourth-order valence-electron chi connectivity index (χ4n) is 18.2. The normalized spacial score (nSPS) is 24.4. The Hall–Kier alpha value is -7.75. The van der Waals surface area contributed by atoms with Crippen LogP contribution in [0.5, 0.6) is 28.7 Å². The van der Waals surface area contributed by atoms with Crippen LogP contribution in [0.1, 0.15) is 210 Å². The second kappa shape index (κ2) is 32.4. The van der Waals surface area contributed by atoms with Crippen LogP contribution in [0.4, 0.5) is 19.1 Å². The molecule has 4 aliphatic carbocycles. The van der Waals surface area contributed by atoms with E-state index in [0.717, 1.165) is 98.0 Å². The van der Waals surface area contributed by atoms with E-state index < -0.39 is 69.2 Å². The van der Waals surface area contributed by atoms with Gasteiger partial charge in [-0.3, -0.25) is 29.3 Å². The fraction of sp³-hybridized carbons (Fsp3) is 0.654. The molecule has 3 aromatic rings. The summed E-state index contributed by atoms with van der Waals surface area (Å²) in [5.41, 5.74) is 22.9. The first-order chi connectivity index (χ1) is 48.1. The molecule has 2 spiro atoms. The Morgan fingerprint density at radius 2 is 1.19 bits per heavy atom. The lowest BCUT2D eigenvalue weighted by atomic mass is 9.52. The van der Waals surface area contributed by atoms with Crippen molar-refractivity contribution in [2.24, 2.45) is 33.4 Å². The molecule has 0 aromatic heterocycles. The van der Waals surface area contributed by atoms with E-state index in [2.05, 4.69) is 33.6 Å². The summed E-state index contributed by atoms with van der Waals surface area (Å²) in [7, 11) is 3.44. The van der Waals surface area contributed by atoms with Crippen molar-refractivity contribution in [2.45, 2.75) is 268 Å². The number of alkyl carbamates (subject to hydrolysis) is 1. The lowest BCUT2D eigenvalue weighted by Crippen LogP contribution is -2.65. The predicted molar refractivity (Wildman–Crippen MR) is 400 cm³/mol. The van der Waals surface area contributed by atoms with E-state index in [0.29, 0.717) is 122 Å². The highest BCUT2D eigenvalue weighted by Gasteiger charge is 2.67. The van der Waals surface area contributed by atoms with Gasteiger partial charge in [0.25, 0.3) is 10.0 Å². The van der Waals surface area contributed by atoms with Gasteiger partial charge < -0.3 is 70.5 Å². The molecule has 27 heteroatoms. The summed E-state index contributed by atoms with van der Waals surface area (Å²) in [6.45, 7) is 16.8. The number of carbonyl (C=O) groups excluding carboxylic acids is 7. The SMILES string of the molecule is C.C.CN(CCCC(=O)[C@@H](N)CCCCC(=N)N)C(=O)Oc1ccc2c3c1O[C@H]1C(=O)CCC4[C@@H](C2)N(C)CC[C@@]341.Cc1c(C)c(S(=O)(=O)N=C(N)CCCC[C@H](NC(=O)OC(C)(C)C)C(=O)CCCN(C)C(=O)Oc2ccc3c4c2O[C@H]2C(=O)CCC5[C@@H](C3)N(C)CC[C@@]452)c(C)c2c1OC(C)(C)C2.F. The van der Waals surface area contributed by atoms with Crippen molar-refractivity contribution in [3.05, 3.63) is 68.8 Å². The molecule has 5 aliphatic heterocycles. The molecule has 2 saturated carbocycles. The van der Waals surface area contributed by atoms with Gasteiger partial charge in [0.2, 0.25) is 0 Å². The quantitative estimate of drug-likeness (QED) is 0.0299. The van der Waals surface area contributed by atoms with Gasteiger partial charge in [-0.1, -0.05) is 39.8 Å². The number of hydrogen-bond acceptors (Lipinski definition) is 19. The van der Waals surface area contributed by atoms with Crippen LogP contribution in [0.25, 0.3) is 0 Å². The highest BCUT2D eigenvalue weighted by molar-refractivity contribution is 7.90. The van der Waals surface area contributed by atoms with Crippen LogP contribution in [-0.4, -0.2) is 183 Å². The van der Waals surface area contributed by atoms with Crippen molar-refractivity contribution < 1.29 is 75.1 Å². The highest BCUT2D eigenvalue weighted by Crippen LogP contribution is 2.65. The molecular weight excluding hydrogens is 1370 g/mol. The van der Waals surface area contributed by atoms with E-state index >= 15 is 0 Å².